The minimum Gasteiger partial charge on any atom is -0.337 e. The molecule has 1 aromatic heterocycles. The standard InChI is InChI=1S/C21H31N3O2S/c1-8-15(6)24-20(26)17-11-9-10-12-18(17)22-21(24)27-16(7)19(25)23(13(2)3)14(4)5/h9-16H,8H2,1-7H3/t15-,16+/m1/s1. The summed E-state index contributed by atoms with van der Waals surface area (Å²) >= 11 is 1.37. The lowest BCUT2D eigenvalue weighted by Gasteiger charge is -2.33. The molecule has 5 nitrogen and oxygen atoms in total. The molecule has 0 bridgehead atoms. The Labute approximate surface area is 166 Å². The fraction of sp³-hybridized carbons (Fsp3) is 0.571. The molecule has 1 heterocycles. The van der Waals surface area contributed by atoms with E-state index in [1.807, 2.05) is 70.7 Å². The zero-order valence-corrected chi connectivity index (χ0v) is 18.2. The first-order chi connectivity index (χ1) is 12.7. The van der Waals surface area contributed by atoms with E-state index in [-0.39, 0.29) is 34.8 Å². The summed E-state index contributed by atoms with van der Waals surface area (Å²) < 4.78 is 1.74. The molecule has 27 heavy (non-hydrogen) atoms. The largest absolute Gasteiger partial charge is 0.337 e. The number of amides is 1. The van der Waals surface area contributed by atoms with Gasteiger partial charge in [-0.1, -0.05) is 30.8 Å². The summed E-state index contributed by atoms with van der Waals surface area (Å²) in [7, 11) is 0. The Morgan fingerprint density at radius 2 is 1.70 bits per heavy atom. The summed E-state index contributed by atoms with van der Waals surface area (Å²) in [6.45, 7) is 14.1. The van der Waals surface area contributed by atoms with Gasteiger partial charge in [0.2, 0.25) is 5.91 Å². The topological polar surface area (TPSA) is 55.2 Å². The number of hydrogen-bond donors (Lipinski definition) is 0. The molecule has 0 spiro atoms. The predicted molar refractivity (Wildman–Crippen MR) is 113 cm³/mol. The highest BCUT2D eigenvalue weighted by Crippen LogP contribution is 2.27. The molecule has 0 N–H and O–H groups in total. The molecule has 0 fully saturated rings. The second kappa shape index (κ2) is 8.91. The molecular formula is C21H31N3O2S. The number of carbonyl (C=O) groups excluding carboxylic acids is 1. The molecule has 2 rings (SSSR count). The average molecular weight is 390 g/mol. The number of aromatic nitrogens is 2. The number of thioether (sulfide) groups is 1. The Balaban J connectivity index is 2.48. The van der Waals surface area contributed by atoms with Crippen LogP contribution in [0.2, 0.25) is 0 Å². The van der Waals surface area contributed by atoms with Crippen LogP contribution in [-0.2, 0) is 4.79 Å². The van der Waals surface area contributed by atoms with Gasteiger partial charge in [-0.2, -0.15) is 0 Å². The zero-order valence-electron chi connectivity index (χ0n) is 17.4. The summed E-state index contributed by atoms with van der Waals surface area (Å²) in [6, 6.07) is 7.67. The van der Waals surface area contributed by atoms with Crippen LogP contribution in [-0.4, -0.2) is 37.7 Å². The van der Waals surface area contributed by atoms with Crippen LogP contribution in [0.5, 0.6) is 0 Å². The van der Waals surface area contributed by atoms with Gasteiger partial charge in [0.15, 0.2) is 5.16 Å². The van der Waals surface area contributed by atoms with Crippen molar-refractivity contribution in [2.24, 2.45) is 0 Å². The minimum absolute atomic E-state index is 0.0192. The number of rotatable bonds is 7. The van der Waals surface area contributed by atoms with Gasteiger partial charge in [-0.15, -0.1) is 0 Å². The number of hydrogen-bond acceptors (Lipinski definition) is 4. The lowest BCUT2D eigenvalue weighted by molar-refractivity contribution is -0.133. The maximum atomic E-state index is 13.1. The number of fused-ring (bicyclic) bond motifs is 1. The van der Waals surface area contributed by atoms with E-state index < -0.39 is 0 Å². The highest BCUT2D eigenvalue weighted by molar-refractivity contribution is 8.00. The molecule has 0 saturated heterocycles. The smallest absolute Gasteiger partial charge is 0.262 e. The second-order valence-electron chi connectivity index (χ2n) is 7.54. The molecule has 1 aromatic carbocycles. The molecule has 1 amide bonds. The van der Waals surface area contributed by atoms with Crippen LogP contribution in [0, 0.1) is 0 Å². The van der Waals surface area contributed by atoms with Crippen LogP contribution in [0.15, 0.2) is 34.2 Å². The third-order valence-corrected chi connectivity index (χ3v) is 5.86. The maximum absolute atomic E-state index is 13.1. The van der Waals surface area contributed by atoms with Gasteiger partial charge < -0.3 is 4.90 Å². The molecule has 148 valence electrons. The van der Waals surface area contributed by atoms with Gasteiger partial charge in [0.25, 0.3) is 5.56 Å². The van der Waals surface area contributed by atoms with Gasteiger partial charge in [-0.05, 0) is 60.1 Å². The molecular weight excluding hydrogens is 358 g/mol. The van der Waals surface area contributed by atoms with Crippen molar-refractivity contribution in [2.45, 2.75) is 83.4 Å². The SMILES string of the molecule is CC[C@@H](C)n1c(S[C@@H](C)C(=O)N(C(C)C)C(C)C)nc2ccccc2c1=O. The highest BCUT2D eigenvalue weighted by Gasteiger charge is 2.27. The third-order valence-electron chi connectivity index (χ3n) is 4.80. The molecule has 0 aliphatic rings. The fourth-order valence-electron chi connectivity index (χ4n) is 3.30. The van der Waals surface area contributed by atoms with Crippen LogP contribution in [0.4, 0.5) is 0 Å². The van der Waals surface area contributed by atoms with E-state index in [0.29, 0.717) is 16.1 Å². The molecule has 0 aliphatic heterocycles. The van der Waals surface area contributed by atoms with Crippen molar-refractivity contribution < 1.29 is 4.79 Å². The Hall–Kier alpha value is -1.82. The first-order valence-corrected chi connectivity index (χ1v) is 10.6. The van der Waals surface area contributed by atoms with Crippen molar-refractivity contribution in [1.29, 1.82) is 0 Å². The van der Waals surface area contributed by atoms with Crippen molar-refractivity contribution >= 4 is 28.6 Å². The van der Waals surface area contributed by atoms with E-state index in [2.05, 4.69) is 6.92 Å². The highest BCUT2D eigenvalue weighted by atomic mass is 32.2. The first kappa shape index (κ1) is 21.5. The monoisotopic (exact) mass is 389 g/mol. The molecule has 0 unspecified atom stereocenters. The van der Waals surface area contributed by atoms with Gasteiger partial charge in [0.05, 0.1) is 16.2 Å². The van der Waals surface area contributed by atoms with Crippen LogP contribution in [0.1, 0.15) is 60.9 Å². The van der Waals surface area contributed by atoms with E-state index in [1.54, 1.807) is 4.57 Å². The van der Waals surface area contributed by atoms with E-state index in [9.17, 15) is 9.59 Å². The van der Waals surface area contributed by atoms with E-state index in [0.717, 1.165) is 6.42 Å². The number of para-hydroxylation sites is 1. The lowest BCUT2D eigenvalue weighted by Crippen LogP contribution is -2.45. The van der Waals surface area contributed by atoms with Gasteiger partial charge in [0.1, 0.15) is 0 Å². The van der Waals surface area contributed by atoms with Crippen molar-refractivity contribution in [3.8, 4) is 0 Å². The predicted octanol–water partition coefficient (Wildman–Crippen LogP) is 4.49. The fourth-order valence-corrected chi connectivity index (χ4v) is 4.37. The van der Waals surface area contributed by atoms with Crippen molar-refractivity contribution in [2.75, 3.05) is 0 Å². The summed E-state index contributed by atoms with van der Waals surface area (Å²) in [4.78, 5) is 32.7. The van der Waals surface area contributed by atoms with Gasteiger partial charge >= 0.3 is 0 Å². The van der Waals surface area contributed by atoms with E-state index in [4.69, 9.17) is 4.98 Å². The Morgan fingerprint density at radius 3 is 2.26 bits per heavy atom. The zero-order chi connectivity index (χ0) is 20.3. The second-order valence-corrected chi connectivity index (χ2v) is 8.84. The van der Waals surface area contributed by atoms with Crippen LogP contribution in [0.25, 0.3) is 10.9 Å². The minimum atomic E-state index is -0.321. The molecule has 0 radical (unpaired) electrons. The van der Waals surface area contributed by atoms with Crippen molar-refractivity contribution in [1.82, 2.24) is 14.5 Å². The summed E-state index contributed by atoms with van der Waals surface area (Å²) in [5.74, 6) is 0.0723. The lowest BCUT2D eigenvalue weighted by atomic mass is 10.2. The Bertz CT molecular complexity index is 852. The average Bonchev–Trinajstić information content (AvgIpc) is 2.60. The summed E-state index contributed by atoms with van der Waals surface area (Å²) in [5.41, 5.74) is 0.635. The van der Waals surface area contributed by atoms with Gasteiger partial charge in [-0.25, -0.2) is 4.98 Å². The number of nitrogens with zero attached hydrogens (tertiary/aromatic N) is 3. The summed E-state index contributed by atoms with van der Waals surface area (Å²) in [6.07, 6.45) is 0.819. The maximum Gasteiger partial charge on any atom is 0.262 e. The Morgan fingerprint density at radius 1 is 1.11 bits per heavy atom. The van der Waals surface area contributed by atoms with Crippen molar-refractivity contribution in [3.63, 3.8) is 0 Å². The molecule has 0 aliphatic carbocycles. The van der Waals surface area contributed by atoms with E-state index >= 15 is 0 Å². The van der Waals surface area contributed by atoms with E-state index in [1.165, 1.54) is 11.8 Å². The van der Waals surface area contributed by atoms with Gasteiger partial charge in [0, 0.05) is 18.1 Å². The molecule has 2 aromatic rings. The molecule has 0 saturated carbocycles. The first-order valence-electron chi connectivity index (χ1n) is 9.69. The number of carbonyl (C=O) groups is 1. The molecule has 2 atom stereocenters. The van der Waals surface area contributed by atoms with Gasteiger partial charge in [-0.3, -0.25) is 14.2 Å². The Kier molecular flexibility index (Phi) is 7.09. The van der Waals surface area contributed by atoms with Crippen molar-refractivity contribution in [3.05, 3.63) is 34.6 Å². The normalized spacial score (nSPS) is 14.0. The quantitative estimate of drug-likeness (QED) is 0.517. The molecule has 6 heteroatoms. The van der Waals surface area contributed by atoms with Crippen LogP contribution in [0.3, 0.4) is 0 Å². The number of benzene rings is 1. The third kappa shape index (κ3) is 4.54. The van der Waals surface area contributed by atoms with Crippen LogP contribution < -0.4 is 5.56 Å². The summed E-state index contributed by atoms with van der Waals surface area (Å²) in [5, 5.41) is 0.909. The van der Waals surface area contributed by atoms with Crippen LogP contribution >= 0.6 is 11.8 Å².